The minimum atomic E-state index is -1.05. The number of amides is 2. The predicted molar refractivity (Wildman–Crippen MR) is 84.4 cm³/mol. The average Bonchev–Trinajstić information content (AvgIpc) is 3.04. The quantitative estimate of drug-likeness (QED) is 0.747. The summed E-state index contributed by atoms with van der Waals surface area (Å²) in [7, 11) is 0. The highest BCUT2D eigenvalue weighted by Crippen LogP contribution is 2.39. The topological polar surface area (TPSA) is 95.5 Å². The Morgan fingerprint density at radius 2 is 2.00 bits per heavy atom. The maximum absolute atomic E-state index is 12.5. The third-order valence-electron chi connectivity index (χ3n) is 3.73. The number of thiophene rings is 1. The Morgan fingerprint density at radius 3 is 2.59 bits per heavy atom. The first-order chi connectivity index (χ1) is 10.5. The molecule has 0 aliphatic heterocycles. The van der Waals surface area contributed by atoms with E-state index in [-0.39, 0.29) is 5.91 Å². The molecule has 1 unspecified atom stereocenters. The summed E-state index contributed by atoms with van der Waals surface area (Å²) in [4.78, 5) is 36.4. The lowest BCUT2D eigenvalue weighted by molar-refractivity contribution is -0.139. The van der Waals surface area contributed by atoms with Crippen LogP contribution in [0.5, 0.6) is 0 Å². The molecule has 22 heavy (non-hydrogen) atoms. The third kappa shape index (κ3) is 3.30. The van der Waals surface area contributed by atoms with Crippen LogP contribution in [0.1, 0.15) is 53.9 Å². The molecule has 1 aromatic heterocycles. The highest BCUT2D eigenvalue weighted by molar-refractivity contribution is 7.17. The van der Waals surface area contributed by atoms with Crippen molar-refractivity contribution in [2.75, 3.05) is 5.32 Å². The summed E-state index contributed by atoms with van der Waals surface area (Å²) in [5, 5.41) is 14.9. The minimum absolute atomic E-state index is 0.153. The molecule has 6 nitrogen and oxygen atoms in total. The van der Waals surface area contributed by atoms with Crippen LogP contribution in [-0.4, -0.2) is 28.9 Å². The molecule has 0 saturated heterocycles. The number of carboxylic acids is 1. The number of hydrogen-bond acceptors (Lipinski definition) is 4. The normalized spacial score (nSPS) is 14.3. The van der Waals surface area contributed by atoms with Gasteiger partial charge < -0.3 is 15.7 Å². The monoisotopic (exact) mass is 324 g/mol. The number of carboxylic acid groups (broad SMARTS) is 1. The molecule has 2 amide bonds. The summed E-state index contributed by atoms with van der Waals surface area (Å²) in [6.07, 6.45) is 3.32. The van der Waals surface area contributed by atoms with Crippen molar-refractivity contribution in [3.8, 4) is 0 Å². The fourth-order valence-electron chi connectivity index (χ4n) is 2.52. The fraction of sp³-hybridized carbons (Fsp3) is 0.533. The maximum Gasteiger partial charge on any atom is 0.326 e. The fourth-order valence-corrected chi connectivity index (χ4v) is 3.82. The molecule has 0 radical (unpaired) electrons. The Balaban J connectivity index is 2.29. The van der Waals surface area contributed by atoms with Crippen LogP contribution in [0.4, 0.5) is 5.00 Å². The molecule has 1 heterocycles. The van der Waals surface area contributed by atoms with Gasteiger partial charge in [-0.25, -0.2) is 4.79 Å². The van der Waals surface area contributed by atoms with Crippen molar-refractivity contribution in [2.24, 2.45) is 0 Å². The number of fused-ring (bicyclic) bond motifs is 1. The molecule has 7 heteroatoms. The van der Waals surface area contributed by atoms with E-state index in [1.807, 2.05) is 0 Å². The molecule has 0 spiro atoms. The van der Waals surface area contributed by atoms with Crippen molar-refractivity contribution < 1.29 is 19.5 Å². The Morgan fingerprint density at radius 1 is 1.27 bits per heavy atom. The summed E-state index contributed by atoms with van der Waals surface area (Å²) in [6, 6.07) is -0.917. The number of aryl methyl sites for hydroxylation is 1. The van der Waals surface area contributed by atoms with Gasteiger partial charge in [-0.2, -0.15) is 0 Å². The lowest BCUT2D eigenvalue weighted by Crippen LogP contribution is -2.40. The summed E-state index contributed by atoms with van der Waals surface area (Å²) in [5.74, 6) is -1.62. The van der Waals surface area contributed by atoms with Crippen LogP contribution in [0, 0.1) is 0 Å². The van der Waals surface area contributed by atoms with Gasteiger partial charge in [0, 0.05) is 11.3 Å². The van der Waals surface area contributed by atoms with Gasteiger partial charge in [0.15, 0.2) is 0 Å². The van der Waals surface area contributed by atoms with Crippen molar-refractivity contribution >= 4 is 34.1 Å². The van der Waals surface area contributed by atoms with Gasteiger partial charge in [0.25, 0.3) is 5.91 Å². The van der Waals surface area contributed by atoms with Crippen LogP contribution in [0.2, 0.25) is 0 Å². The average molecular weight is 324 g/mol. The molecule has 0 bridgehead atoms. The summed E-state index contributed by atoms with van der Waals surface area (Å²) in [6.45, 7) is 3.45. The van der Waals surface area contributed by atoms with Crippen LogP contribution in [0.3, 0.4) is 0 Å². The number of nitrogens with one attached hydrogen (secondary N) is 2. The largest absolute Gasteiger partial charge is 0.480 e. The van der Waals surface area contributed by atoms with Gasteiger partial charge in [0.2, 0.25) is 5.91 Å². The van der Waals surface area contributed by atoms with Crippen LogP contribution < -0.4 is 10.6 Å². The lowest BCUT2D eigenvalue weighted by atomic mass is 10.1. The van der Waals surface area contributed by atoms with E-state index in [0.29, 0.717) is 23.4 Å². The van der Waals surface area contributed by atoms with Crippen molar-refractivity contribution in [3.63, 3.8) is 0 Å². The number of anilines is 1. The van der Waals surface area contributed by atoms with E-state index in [1.54, 1.807) is 13.8 Å². The molecule has 0 saturated carbocycles. The summed E-state index contributed by atoms with van der Waals surface area (Å²) in [5.41, 5.74) is 1.40. The second kappa shape index (κ2) is 6.91. The van der Waals surface area contributed by atoms with Crippen molar-refractivity contribution in [3.05, 3.63) is 16.0 Å². The number of carbonyl (C=O) groups is 3. The van der Waals surface area contributed by atoms with E-state index in [9.17, 15) is 14.4 Å². The van der Waals surface area contributed by atoms with Crippen molar-refractivity contribution in [2.45, 2.75) is 52.0 Å². The number of aliphatic carboxylic acids is 1. The summed E-state index contributed by atoms with van der Waals surface area (Å²) < 4.78 is 0. The molecular weight excluding hydrogens is 304 g/mol. The van der Waals surface area contributed by atoms with E-state index in [1.165, 1.54) is 11.3 Å². The Hall–Kier alpha value is -1.89. The van der Waals surface area contributed by atoms with E-state index < -0.39 is 17.9 Å². The predicted octanol–water partition coefficient (Wildman–Crippen LogP) is 2.18. The molecule has 2 rings (SSSR count). The van der Waals surface area contributed by atoms with E-state index >= 15 is 0 Å². The van der Waals surface area contributed by atoms with Crippen molar-refractivity contribution in [1.29, 1.82) is 0 Å². The first-order valence-electron chi connectivity index (χ1n) is 7.45. The van der Waals surface area contributed by atoms with E-state index in [0.717, 1.165) is 29.7 Å². The molecule has 1 aliphatic rings. The molecule has 1 atom stereocenters. The zero-order valence-electron chi connectivity index (χ0n) is 12.7. The molecule has 0 fully saturated rings. The first-order valence-corrected chi connectivity index (χ1v) is 8.27. The highest BCUT2D eigenvalue weighted by atomic mass is 32.1. The van der Waals surface area contributed by atoms with Gasteiger partial charge in [-0.15, -0.1) is 11.3 Å². The standard InChI is InChI=1S/C15H20N2O4S/c1-3-9(15(20)21)16-13(19)12-8-6-5-7-10(8)22-14(12)17-11(18)4-2/h9H,3-7H2,1-2H3,(H,16,19)(H,17,18)(H,20,21). The van der Waals surface area contributed by atoms with E-state index in [4.69, 9.17) is 5.11 Å². The Labute approximate surface area is 132 Å². The second-order valence-electron chi connectivity index (χ2n) is 5.24. The number of hydrogen-bond donors (Lipinski definition) is 3. The minimum Gasteiger partial charge on any atom is -0.480 e. The zero-order chi connectivity index (χ0) is 16.3. The van der Waals surface area contributed by atoms with Crippen LogP contribution in [-0.2, 0) is 22.4 Å². The van der Waals surface area contributed by atoms with Crippen LogP contribution in [0.15, 0.2) is 0 Å². The first kappa shape index (κ1) is 16.5. The smallest absolute Gasteiger partial charge is 0.326 e. The highest BCUT2D eigenvalue weighted by Gasteiger charge is 2.29. The van der Waals surface area contributed by atoms with Gasteiger partial charge in [0.1, 0.15) is 11.0 Å². The van der Waals surface area contributed by atoms with Gasteiger partial charge in [-0.05, 0) is 31.2 Å². The number of carbonyl (C=O) groups excluding carboxylic acids is 2. The lowest BCUT2D eigenvalue weighted by Gasteiger charge is -2.14. The van der Waals surface area contributed by atoms with Gasteiger partial charge in [0.05, 0.1) is 5.56 Å². The molecule has 0 aromatic carbocycles. The molecular formula is C15H20N2O4S. The summed E-state index contributed by atoms with van der Waals surface area (Å²) >= 11 is 1.42. The van der Waals surface area contributed by atoms with Crippen molar-refractivity contribution in [1.82, 2.24) is 5.32 Å². The van der Waals surface area contributed by atoms with Gasteiger partial charge in [-0.3, -0.25) is 9.59 Å². The number of rotatable bonds is 6. The molecule has 1 aliphatic carbocycles. The molecule has 3 N–H and O–H groups in total. The third-order valence-corrected chi connectivity index (χ3v) is 4.94. The Kier molecular flexibility index (Phi) is 5.18. The van der Waals surface area contributed by atoms with E-state index in [2.05, 4.69) is 10.6 Å². The Bertz CT molecular complexity index is 609. The molecule has 1 aromatic rings. The zero-order valence-corrected chi connectivity index (χ0v) is 13.5. The SMILES string of the molecule is CCC(=O)Nc1sc2c(c1C(=O)NC(CC)C(=O)O)CCC2. The van der Waals surface area contributed by atoms with Crippen LogP contribution >= 0.6 is 11.3 Å². The maximum atomic E-state index is 12.5. The van der Waals surface area contributed by atoms with Gasteiger partial charge >= 0.3 is 5.97 Å². The van der Waals surface area contributed by atoms with Gasteiger partial charge in [-0.1, -0.05) is 13.8 Å². The van der Waals surface area contributed by atoms with Crippen LogP contribution in [0.25, 0.3) is 0 Å². The second-order valence-corrected chi connectivity index (χ2v) is 6.34. The molecule has 120 valence electrons.